The van der Waals surface area contributed by atoms with Gasteiger partial charge in [0.15, 0.2) is 17.5 Å². The minimum Gasteiger partial charge on any atom is -0.350 e. The van der Waals surface area contributed by atoms with E-state index in [2.05, 4.69) is 5.32 Å². The quantitative estimate of drug-likeness (QED) is 0.403. The number of para-hydroxylation sites is 1. The zero-order valence-electron chi connectivity index (χ0n) is 9.66. The number of nitrogens with zero attached hydrogens (tertiary/aromatic N) is 1. The van der Waals surface area contributed by atoms with Crippen LogP contribution in [0.1, 0.15) is 0 Å². The van der Waals surface area contributed by atoms with E-state index in [1.54, 1.807) is 0 Å². The lowest BCUT2D eigenvalue weighted by molar-refractivity contribution is -0.386. The molecule has 0 saturated carbocycles. The molecule has 0 aliphatic rings. The van der Waals surface area contributed by atoms with E-state index in [4.69, 9.17) is 0 Å². The van der Waals surface area contributed by atoms with Crippen LogP contribution < -0.4 is 5.32 Å². The van der Waals surface area contributed by atoms with Crippen LogP contribution in [0.4, 0.5) is 34.6 Å². The summed E-state index contributed by atoms with van der Waals surface area (Å²) in [5, 5.41) is 13.0. The van der Waals surface area contributed by atoms with Crippen molar-refractivity contribution < 1.29 is 22.5 Å². The highest BCUT2D eigenvalue weighted by Crippen LogP contribution is 2.30. The number of nitro benzene ring substituents is 1. The Hall–Kier alpha value is -2.64. The fourth-order valence-corrected chi connectivity index (χ4v) is 1.58. The minimum absolute atomic E-state index is 0.282. The van der Waals surface area contributed by atoms with Gasteiger partial charge in [0, 0.05) is 17.8 Å². The Bertz CT molecular complexity index is 668. The van der Waals surface area contributed by atoms with Gasteiger partial charge in [0.25, 0.3) is 0 Å². The molecule has 0 amide bonds. The van der Waals surface area contributed by atoms with Gasteiger partial charge in [-0.25, -0.2) is 13.2 Å². The molecule has 0 saturated heterocycles. The van der Waals surface area contributed by atoms with E-state index in [9.17, 15) is 27.7 Å². The van der Waals surface area contributed by atoms with Gasteiger partial charge >= 0.3 is 5.69 Å². The van der Waals surface area contributed by atoms with Crippen LogP contribution in [0.3, 0.4) is 0 Å². The normalized spacial score (nSPS) is 10.4. The van der Waals surface area contributed by atoms with Crippen molar-refractivity contribution in [3.63, 3.8) is 0 Å². The number of benzene rings is 2. The van der Waals surface area contributed by atoms with Crippen molar-refractivity contribution in [2.75, 3.05) is 5.32 Å². The summed E-state index contributed by atoms with van der Waals surface area (Å²) in [6.07, 6.45) is 0. The van der Waals surface area contributed by atoms with E-state index >= 15 is 0 Å². The Morgan fingerprint density at radius 1 is 1.00 bits per heavy atom. The van der Waals surface area contributed by atoms with Crippen LogP contribution >= 0.6 is 0 Å². The van der Waals surface area contributed by atoms with Crippen molar-refractivity contribution in [1.82, 2.24) is 0 Å². The molecule has 0 bridgehead atoms. The molecule has 2 aromatic rings. The van der Waals surface area contributed by atoms with Gasteiger partial charge in [0.1, 0.15) is 5.69 Å². The van der Waals surface area contributed by atoms with Crippen molar-refractivity contribution in [3.8, 4) is 0 Å². The lowest BCUT2D eigenvalue weighted by Gasteiger charge is -2.08. The van der Waals surface area contributed by atoms with Gasteiger partial charge < -0.3 is 5.32 Å². The van der Waals surface area contributed by atoms with Crippen molar-refractivity contribution in [2.45, 2.75) is 0 Å². The molecule has 0 radical (unpaired) electrons. The summed E-state index contributed by atoms with van der Waals surface area (Å²) in [5.74, 6) is -5.70. The van der Waals surface area contributed by atoms with Gasteiger partial charge in [-0.15, -0.1) is 0 Å². The number of anilines is 2. The first-order chi connectivity index (χ1) is 9.40. The molecule has 0 aromatic heterocycles. The second kappa shape index (κ2) is 5.16. The molecule has 0 aliphatic heterocycles. The summed E-state index contributed by atoms with van der Waals surface area (Å²) in [6.45, 7) is 0. The maximum Gasteiger partial charge on any atom is 0.327 e. The predicted molar refractivity (Wildman–Crippen MR) is 62.7 cm³/mol. The molecule has 0 spiro atoms. The molecule has 1 N–H and O–H groups in total. The average molecular weight is 286 g/mol. The van der Waals surface area contributed by atoms with Crippen LogP contribution in [-0.4, -0.2) is 4.92 Å². The van der Waals surface area contributed by atoms with Crippen LogP contribution in [0.15, 0.2) is 30.3 Å². The van der Waals surface area contributed by atoms with Crippen LogP contribution in [-0.2, 0) is 0 Å². The Kier molecular flexibility index (Phi) is 3.55. The highest BCUT2D eigenvalue weighted by Gasteiger charge is 2.20. The van der Waals surface area contributed by atoms with Gasteiger partial charge in [-0.2, -0.15) is 4.39 Å². The van der Waals surface area contributed by atoms with E-state index in [1.165, 1.54) is 6.07 Å². The topological polar surface area (TPSA) is 55.2 Å². The van der Waals surface area contributed by atoms with E-state index < -0.39 is 33.9 Å². The summed E-state index contributed by atoms with van der Waals surface area (Å²) in [6, 6.07) is 4.41. The summed E-state index contributed by atoms with van der Waals surface area (Å²) in [5.41, 5.74) is -1.46. The molecular weight excluding hydrogens is 280 g/mol. The first-order valence-electron chi connectivity index (χ1n) is 5.24. The fourth-order valence-electron chi connectivity index (χ4n) is 1.58. The molecule has 0 aliphatic carbocycles. The number of halogens is 4. The van der Waals surface area contributed by atoms with Crippen molar-refractivity contribution in [3.05, 3.63) is 63.7 Å². The Balaban J connectivity index is 2.45. The molecule has 104 valence electrons. The second-order valence-electron chi connectivity index (χ2n) is 3.77. The van der Waals surface area contributed by atoms with Crippen LogP contribution in [0, 0.1) is 33.4 Å². The number of nitro groups is 1. The van der Waals surface area contributed by atoms with Gasteiger partial charge in [0.2, 0.25) is 5.82 Å². The molecule has 4 nitrogen and oxygen atoms in total. The number of hydrogen-bond acceptors (Lipinski definition) is 3. The number of hydrogen-bond donors (Lipinski definition) is 1. The first-order valence-corrected chi connectivity index (χ1v) is 5.24. The summed E-state index contributed by atoms with van der Waals surface area (Å²) in [7, 11) is 0. The largest absolute Gasteiger partial charge is 0.350 e. The van der Waals surface area contributed by atoms with Crippen molar-refractivity contribution in [1.29, 1.82) is 0 Å². The lowest BCUT2D eigenvalue weighted by atomic mass is 10.2. The van der Waals surface area contributed by atoms with Crippen molar-refractivity contribution >= 4 is 17.1 Å². The molecule has 8 heteroatoms. The molecule has 0 fully saturated rings. The zero-order valence-corrected chi connectivity index (χ0v) is 9.66. The number of rotatable bonds is 3. The molecule has 0 heterocycles. The lowest BCUT2D eigenvalue weighted by Crippen LogP contribution is -2.01. The third kappa shape index (κ3) is 2.53. The summed E-state index contributed by atoms with van der Waals surface area (Å²) in [4.78, 5) is 9.76. The Morgan fingerprint density at radius 3 is 2.15 bits per heavy atom. The van der Waals surface area contributed by atoms with Crippen LogP contribution in [0.5, 0.6) is 0 Å². The second-order valence-corrected chi connectivity index (χ2v) is 3.77. The van der Waals surface area contributed by atoms with Crippen molar-refractivity contribution in [2.24, 2.45) is 0 Å². The Labute approximate surface area is 109 Å². The predicted octanol–water partition coefficient (Wildman–Crippen LogP) is 3.89. The maximum absolute atomic E-state index is 13.3. The van der Waals surface area contributed by atoms with E-state index in [1.807, 2.05) is 0 Å². The fraction of sp³-hybridized carbons (Fsp3) is 0. The molecule has 0 atom stereocenters. The van der Waals surface area contributed by atoms with Gasteiger partial charge in [-0.05, 0) is 12.1 Å². The molecule has 0 unspecified atom stereocenters. The Morgan fingerprint density at radius 2 is 1.60 bits per heavy atom. The number of nitrogens with one attached hydrogen (secondary N) is 1. The first kappa shape index (κ1) is 13.8. The standard InChI is InChI=1S/C12H6F4N2O2/c13-7-2-1-3-10(12(7)18(19)20)17-6-4-8(14)11(16)9(15)5-6/h1-5,17H. The van der Waals surface area contributed by atoms with E-state index in [0.717, 1.165) is 12.1 Å². The van der Waals surface area contributed by atoms with Gasteiger partial charge in [-0.1, -0.05) is 6.07 Å². The molecule has 2 rings (SSSR count). The zero-order chi connectivity index (χ0) is 14.9. The summed E-state index contributed by atoms with van der Waals surface area (Å²) < 4.78 is 52.1. The third-order valence-corrected chi connectivity index (χ3v) is 2.43. The van der Waals surface area contributed by atoms with E-state index in [0.29, 0.717) is 12.1 Å². The SMILES string of the molecule is O=[N+]([O-])c1c(F)cccc1Nc1cc(F)c(F)c(F)c1. The van der Waals surface area contributed by atoms with Crippen LogP contribution in [0.25, 0.3) is 0 Å². The average Bonchev–Trinajstić information content (AvgIpc) is 2.35. The van der Waals surface area contributed by atoms with E-state index in [-0.39, 0.29) is 11.4 Å². The van der Waals surface area contributed by atoms with Gasteiger partial charge in [-0.3, -0.25) is 10.1 Å². The minimum atomic E-state index is -1.66. The summed E-state index contributed by atoms with van der Waals surface area (Å²) >= 11 is 0. The highest BCUT2D eigenvalue weighted by atomic mass is 19.2. The molecular formula is C12H6F4N2O2. The maximum atomic E-state index is 13.3. The molecule has 20 heavy (non-hydrogen) atoms. The highest BCUT2D eigenvalue weighted by molar-refractivity contribution is 5.69. The monoisotopic (exact) mass is 286 g/mol. The van der Waals surface area contributed by atoms with Gasteiger partial charge in [0.05, 0.1) is 4.92 Å². The smallest absolute Gasteiger partial charge is 0.327 e. The van der Waals surface area contributed by atoms with Crippen LogP contribution in [0.2, 0.25) is 0 Å². The third-order valence-electron chi connectivity index (χ3n) is 2.43. The molecule has 2 aromatic carbocycles.